The molecule has 0 unspecified atom stereocenters. The molecule has 198 valence electrons. The maximum Gasteiger partial charge on any atom is 0.337 e. The van der Waals surface area contributed by atoms with Gasteiger partial charge in [-0.2, -0.15) is 0 Å². The molecule has 0 saturated carbocycles. The zero-order valence-corrected chi connectivity index (χ0v) is 22.6. The highest BCUT2D eigenvalue weighted by molar-refractivity contribution is 7.14. The van der Waals surface area contributed by atoms with Gasteiger partial charge in [-0.1, -0.05) is 12.1 Å². The van der Waals surface area contributed by atoms with Crippen LogP contribution in [0, 0.1) is 0 Å². The van der Waals surface area contributed by atoms with Crippen LogP contribution < -0.4 is 20.2 Å². The molecular formula is C30H20N2O6S2. The molecule has 10 heteroatoms. The lowest BCUT2D eigenvalue weighted by molar-refractivity contribution is 0.0599. The molecule has 3 aromatic carbocycles. The number of fused-ring (bicyclic) bond motifs is 1. The minimum atomic E-state index is -1.02. The molecule has 0 aliphatic carbocycles. The highest BCUT2D eigenvalue weighted by atomic mass is 32.1. The molecule has 40 heavy (non-hydrogen) atoms. The quantitative estimate of drug-likeness (QED) is 0.216. The predicted octanol–water partition coefficient (Wildman–Crippen LogP) is 6.42. The van der Waals surface area contributed by atoms with E-state index in [2.05, 4.69) is 0 Å². The maximum atomic E-state index is 12.0. The third-order valence-corrected chi connectivity index (χ3v) is 7.94. The number of carbonyl (C=O) groups excluding carboxylic acids is 1. The summed E-state index contributed by atoms with van der Waals surface area (Å²) in [6.45, 7) is 0.274. The monoisotopic (exact) mass is 568 g/mol. The normalized spacial score (nSPS) is 11.7. The van der Waals surface area contributed by atoms with Crippen LogP contribution in [0.25, 0.3) is 20.9 Å². The van der Waals surface area contributed by atoms with E-state index in [1.807, 2.05) is 35.0 Å². The summed E-state index contributed by atoms with van der Waals surface area (Å²) in [5, 5.41) is 14.7. The molecule has 0 fully saturated rings. The Kier molecular flexibility index (Phi) is 6.85. The van der Waals surface area contributed by atoms with Gasteiger partial charge in [0.2, 0.25) is 0 Å². The third-order valence-electron chi connectivity index (χ3n) is 6.17. The first-order chi connectivity index (χ1) is 19.5. The van der Waals surface area contributed by atoms with Crippen molar-refractivity contribution in [1.82, 2.24) is 0 Å². The molecule has 8 nitrogen and oxygen atoms in total. The fourth-order valence-electron chi connectivity index (χ4n) is 4.34. The second-order valence-corrected chi connectivity index (χ2v) is 10.5. The van der Waals surface area contributed by atoms with Crippen molar-refractivity contribution in [3.8, 4) is 43.9 Å². The average Bonchev–Trinajstić information content (AvgIpc) is 3.77. The molecule has 0 saturated heterocycles. The third kappa shape index (κ3) is 4.74. The van der Waals surface area contributed by atoms with Gasteiger partial charge in [-0.05, 0) is 71.4 Å². The van der Waals surface area contributed by atoms with Crippen molar-refractivity contribution in [2.24, 2.45) is 9.98 Å². The number of ether oxygens (including phenoxy) is 3. The number of hydrogen-bond donors (Lipinski definition) is 1. The summed E-state index contributed by atoms with van der Waals surface area (Å²) < 4.78 is 17.9. The Hall–Kier alpha value is -4.80. The molecule has 0 radical (unpaired) electrons. The second-order valence-electron chi connectivity index (χ2n) is 8.57. The number of benzene rings is 3. The average molecular weight is 569 g/mol. The van der Waals surface area contributed by atoms with Gasteiger partial charge in [-0.25, -0.2) is 9.59 Å². The molecule has 0 spiro atoms. The smallest absolute Gasteiger partial charge is 0.337 e. The van der Waals surface area contributed by atoms with Crippen molar-refractivity contribution in [2.75, 3.05) is 13.8 Å². The van der Waals surface area contributed by atoms with E-state index in [-0.39, 0.29) is 12.2 Å². The largest absolute Gasteiger partial charge is 0.478 e. The van der Waals surface area contributed by atoms with Gasteiger partial charge in [0.05, 0.1) is 40.1 Å². The summed E-state index contributed by atoms with van der Waals surface area (Å²) in [6.07, 6.45) is 0. The van der Waals surface area contributed by atoms with Gasteiger partial charge in [0.15, 0.2) is 11.5 Å². The van der Waals surface area contributed by atoms with Crippen molar-refractivity contribution in [2.45, 2.75) is 0 Å². The van der Waals surface area contributed by atoms with E-state index in [9.17, 15) is 14.7 Å². The summed E-state index contributed by atoms with van der Waals surface area (Å²) in [6, 6.07) is 20.7. The zero-order chi connectivity index (χ0) is 27.6. The summed E-state index contributed by atoms with van der Waals surface area (Å²) in [5.41, 5.74) is 2.01. The van der Waals surface area contributed by atoms with Crippen molar-refractivity contribution in [3.05, 3.63) is 105 Å². The van der Waals surface area contributed by atoms with E-state index in [4.69, 9.17) is 24.2 Å². The van der Waals surface area contributed by atoms with E-state index < -0.39 is 11.9 Å². The van der Waals surface area contributed by atoms with Crippen LogP contribution in [0.4, 0.5) is 0 Å². The number of aromatic carboxylic acids is 1. The highest BCUT2D eigenvalue weighted by Crippen LogP contribution is 2.47. The van der Waals surface area contributed by atoms with Crippen LogP contribution in [0.15, 0.2) is 93.5 Å². The minimum absolute atomic E-state index is 0.148. The van der Waals surface area contributed by atoms with Crippen LogP contribution in [0.2, 0.25) is 0 Å². The number of esters is 1. The van der Waals surface area contributed by atoms with Gasteiger partial charge < -0.3 is 19.3 Å². The summed E-state index contributed by atoms with van der Waals surface area (Å²) in [7, 11) is 1.33. The molecule has 0 amide bonds. The van der Waals surface area contributed by atoms with Crippen LogP contribution >= 0.6 is 22.7 Å². The van der Waals surface area contributed by atoms with Gasteiger partial charge in [-0.15, -0.1) is 22.7 Å². The SMILES string of the molecule is COC(=O)c1ccc(Oc2c(Oc3ccc(C(=O)O)cc3)c(-c3cccs3)c3c(c2-c2cccs2)=NCN=3)cc1. The minimum Gasteiger partial charge on any atom is -0.478 e. The lowest BCUT2D eigenvalue weighted by Crippen LogP contribution is -2.27. The highest BCUT2D eigenvalue weighted by Gasteiger charge is 2.28. The number of carboxylic acids is 1. The number of thiophene rings is 2. The molecule has 5 aromatic rings. The number of carbonyl (C=O) groups is 2. The van der Waals surface area contributed by atoms with E-state index in [1.54, 1.807) is 36.4 Å². The maximum absolute atomic E-state index is 12.0. The molecule has 1 N–H and O–H groups in total. The molecule has 6 rings (SSSR count). The number of hydrogen-bond acceptors (Lipinski definition) is 9. The van der Waals surface area contributed by atoms with Gasteiger partial charge in [0.25, 0.3) is 0 Å². The molecule has 3 heterocycles. The van der Waals surface area contributed by atoms with Crippen LogP contribution in [-0.2, 0) is 4.74 Å². The van der Waals surface area contributed by atoms with Gasteiger partial charge in [0.1, 0.15) is 18.2 Å². The van der Waals surface area contributed by atoms with Gasteiger partial charge in [0, 0.05) is 9.75 Å². The Morgan fingerprint density at radius 1 is 0.725 bits per heavy atom. The molecule has 2 aromatic heterocycles. The van der Waals surface area contributed by atoms with Crippen LogP contribution in [0.5, 0.6) is 23.0 Å². The first kappa shape index (κ1) is 25.5. The number of methoxy groups -OCH3 is 1. The van der Waals surface area contributed by atoms with Crippen molar-refractivity contribution in [3.63, 3.8) is 0 Å². The number of rotatable bonds is 8. The Morgan fingerprint density at radius 3 is 1.60 bits per heavy atom. The number of nitrogens with zero attached hydrogens (tertiary/aromatic N) is 2. The summed E-state index contributed by atoms with van der Waals surface area (Å²) >= 11 is 3.07. The fraction of sp³-hybridized carbons (Fsp3) is 0.0667. The van der Waals surface area contributed by atoms with E-state index >= 15 is 0 Å². The standard InChI is InChI=1S/C30H20N2O6S2/c1-36-30(35)18-8-12-20(13-9-18)38-28-24(22-5-3-15-40-22)26-25(31-16-32-26)23(21-4-2-14-39-21)27(28)37-19-10-6-17(7-11-19)29(33)34/h2-15H,16H2,1H3,(H,33,34). The lowest BCUT2D eigenvalue weighted by Gasteiger charge is -2.19. The number of carboxylic acid groups (broad SMARTS) is 1. The van der Waals surface area contributed by atoms with Crippen LogP contribution in [-0.4, -0.2) is 30.8 Å². The zero-order valence-electron chi connectivity index (χ0n) is 21.0. The summed E-state index contributed by atoms with van der Waals surface area (Å²) in [4.78, 5) is 34.7. The van der Waals surface area contributed by atoms with Gasteiger partial charge >= 0.3 is 11.9 Å². The Bertz CT molecular complexity index is 1830. The van der Waals surface area contributed by atoms with Crippen LogP contribution in [0.3, 0.4) is 0 Å². The molecule has 0 bridgehead atoms. The van der Waals surface area contributed by atoms with Gasteiger partial charge in [-0.3, -0.25) is 9.98 Å². The van der Waals surface area contributed by atoms with E-state index in [0.717, 1.165) is 20.9 Å². The van der Waals surface area contributed by atoms with Crippen LogP contribution in [0.1, 0.15) is 20.7 Å². The second kappa shape index (κ2) is 10.8. The Labute approximate surface area is 236 Å². The molecule has 0 atom stereocenters. The topological polar surface area (TPSA) is 107 Å². The lowest BCUT2D eigenvalue weighted by atomic mass is 10.0. The Morgan fingerprint density at radius 2 is 1.20 bits per heavy atom. The first-order valence-corrected chi connectivity index (χ1v) is 13.8. The molecular weight excluding hydrogens is 548 g/mol. The fourth-order valence-corrected chi connectivity index (χ4v) is 5.87. The molecule has 1 aliphatic rings. The van der Waals surface area contributed by atoms with Crippen molar-refractivity contribution in [1.29, 1.82) is 0 Å². The predicted molar refractivity (Wildman–Crippen MR) is 152 cm³/mol. The van der Waals surface area contributed by atoms with Crippen molar-refractivity contribution < 1.29 is 28.9 Å². The summed E-state index contributed by atoms with van der Waals surface area (Å²) in [5.74, 6) is 0.286. The first-order valence-electron chi connectivity index (χ1n) is 12.1. The Balaban J connectivity index is 1.60. The van der Waals surface area contributed by atoms with Crippen molar-refractivity contribution >= 4 is 34.6 Å². The molecule has 1 aliphatic heterocycles. The van der Waals surface area contributed by atoms with E-state index in [0.29, 0.717) is 39.3 Å². The van der Waals surface area contributed by atoms with E-state index in [1.165, 1.54) is 41.9 Å².